The van der Waals surface area contributed by atoms with E-state index in [1.807, 2.05) is 0 Å². The fourth-order valence-corrected chi connectivity index (χ4v) is 3.31. The Bertz CT molecular complexity index is 1220. The maximum Gasteiger partial charge on any atom is 0.322 e. The molecule has 2 rings (SSSR count). The van der Waals surface area contributed by atoms with Gasteiger partial charge in [0.25, 0.3) is 20.2 Å². The summed E-state index contributed by atoms with van der Waals surface area (Å²) in [6.07, 6.45) is 0. The third-order valence-electron chi connectivity index (χ3n) is 3.66. The van der Waals surface area contributed by atoms with Gasteiger partial charge < -0.3 is 31.9 Å². The van der Waals surface area contributed by atoms with Crippen LogP contribution >= 0.6 is 0 Å². The lowest BCUT2D eigenvalue weighted by atomic mass is 10.3. The van der Waals surface area contributed by atoms with E-state index >= 15 is 0 Å². The first-order valence-corrected chi connectivity index (χ1v) is 11.5. The van der Waals surface area contributed by atoms with Gasteiger partial charge in [0, 0.05) is 17.9 Å². The maximum atomic E-state index is 11.5. The molecule has 0 radical (unpaired) electrons. The molecule has 0 heterocycles. The minimum absolute atomic E-state index is 0.0508. The number of amides is 2. The molecular formula is C17H22N4O10S2. The van der Waals surface area contributed by atoms with E-state index in [4.69, 9.17) is 30.4 Å². The van der Waals surface area contributed by atoms with Crippen LogP contribution in [0.4, 0.5) is 16.2 Å². The van der Waals surface area contributed by atoms with Crippen LogP contribution in [0.3, 0.4) is 0 Å². The Morgan fingerprint density at radius 1 is 1.06 bits per heavy atom. The predicted molar refractivity (Wildman–Crippen MR) is 116 cm³/mol. The highest BCUT2D eigenvalue weighted by Gasteiger charge is 2.18. The number of aliphatic carboxylic acids is 1. The van der Waals surface area contributed by atoms with Crippen molar-refractivity contribution >= 4 is 43.6 Å². The molecule has 0 fully saturated rings. The Hall–Kier alpha value is -3.44. The Morgan fingerprint density at radius 2 is 1.70 bits per heavy atom. The Kier molecular flexibility index (Phi) is 9.56. The van der Waals surface area contributed by atoms with Gasteiger partial charge in [0.05, 0.1) is 12.0 Å². The zero-order chi connectivity index (χ0) is 25.4. The van der Waals surface area contributed by atoms with E-state index in [1.54, 1.807) is 0 Å². The molecule has 182 valence electrons. The summed E-state index contributed by atoms with van der Waals surface area (Å²) in [7, 11) is -7.42. The number of anilines is 2. The third kappa shape index (κ3) is 9.29. The lowest BCUT2D eigenvalue weighted by molar-refractivity contribution is -0.138. The van der Waals surface area contributed by atoms with E-state index in [-0.39, 0.29) is 22.9 Å². The summed E-state index contributed by atoms with van der Waals surface area (Å²) >= 11 is 0. The molecule has 0 aliphatic rings. The van der Waals surface area contributed by atoms with Crippen LogP contribution in [0.2, 0.25) is 0 Å². The van der Waals surface area contributed by atoms with E-state index in [2.05, 4.69) is 10.6 Å². The number of carbonyl (C=O) groups is 2. The number of nitrogen functional groups attached to an aromatic ring is 1. The van der Waals surface area contributed by atoms with Crippen LogP contribution in [0.25, 0.3) is 0 Å². The van der Waals surface area contributed by atoms with Crippen LogP contribution in [0, 0.1) is 0 Å². The minimum Gasteiger partial charge on any atom is -0.495 e. The number of urea groups is 1. The predicted octanol–water partition coefficient (Wildman–Crippen LogP) is -0.00920. The van der Waals surface area contributed by atoms with Crippen LogP contribution in [0.1, 0.15) is 0 Å². The number of hydrogen-bond donors (Lipinski definition) is 7. The Morgan fingerprint density at radius 3 is 2.15 bits per heavy atom. The standard InChI is InChI=1S/C11H15N3O7S.C6H7NO3S/c1-21-8-3-2-6(4-9(8)22(18,19)20)14-11(17)13-5-7(12)10(15)16;7-5-2-1-3-6(4-5)11(8,9)10/h2-4,7H,5,12H2,1H3,(H,15,16)(H2,13,14,17)(H,18,19,20);1-4H,7H2,(H,8,9,10)/t7-;/m0./s1. The van der Waals surface area contributed by atoms with Gasteiger partial charge in [-0.05, 0) is 36.4 Å². The van der Waals surface area contributed by atoms with Crippen LogP contribution in [-0.4, -0.2) is 62.7 Å². The van der Waals surface area contributed by atoms with E-state index < -0.39 is 43.2 Å². The van der Waals surface area contributed by atoms with Crippen molar-refractivity contribution in [1.29, 1.82) is 0 Å². The number of methoxy groups -OCH3 is 1. The molecule has 0 aromatic heterocycles. The molecule has 0 spiro atoms. The first kappa shape index (κ1) is 27.6. The van der Waals surface area contributed by atoms with Crippen LogP contribution in [0.5, 0.6) is 5.75 Å². The van der Waals surface area contributed by atoms with Gasteiger partial charge in [0.2, 0.25) is 0 Å². The summed E-state index contributed by atoms with van der Waals surface area (Å²) in [5.74, 6) is -1.38. The van der Waals surface area contributed by atoms with Gasteiger partial charge in [-0.1, -0.05) is 6.07 Å². The van der Waals surface area contributed by atoms with Crippen molar-refractivity contribution in [3.63, 3.8) is 0 Å². The van der Waals surface area contributed by atoms with Crippen LogP contribution in [-0.2, 0) is 25.0 Å². The molecule has 1 atom stereocenters. The lowest BCUT2D eigenvalue weighted by Crippen LogP contribution is -2.43. The van der Waals surface area contributed by atoms with Gasteiger partial charge in [0.15, 0.2) is 0 Å². The van der Waals surface area contributed by atoms with Crippen molar-refractivity contribution in [3.8, 4) is 5.75 Å². The van der Waals surface area contributed by atoms with Crippen molar-refractivity contribution in [2.45, 2.75) is 15.8 Å². The highest BCUT2D eigenvalue weighted by molar-refractivity contribution is 7.86. The maximum absolute atomic E-state index is 11.5. The summed E-state index contributed by atoms with van der Waals surface area (Å²) in [5.41, 5.74) is 10.8. The lowest BCUT2D eigenvalue weighted by Gasteiger charge is -2.12. The topological polar surface area (TPSA) is 248 Å². The smallest absolute Gasteiger partial charge is 0.322 e. The van der Waals surface area contributed by atoms with E-state index in [0.717, 1.165) is 6.07 Å². The van der Waals surface area contributed by atoms with Gasteiger partial charge in [0.1, 0.15) is 16.7 Å². The van der Waals surface area contributed by atoms with Gasteiger partial charge in [-0.15, -0.1) is 0 Å². The highest BCUT2D eigenvalue weighted by atomic mass is 32.2. The van der Waals surface area contributed by atoms with Crippen molar-refractivity contribution < 1.29 is 45.4 Å². The summed E-state index contributed by atoms with van der Waals surface area (Å²) < 4.78 is 65.8. The number of carbonyl (C=O) groups excluding carboxylic acids is 1. The molecular weight excluding hydrogens is 484 g/mol. The molecule has 2 aromatic rings. The van der Waals surface area contributed by atoms with E-state index in [1.165, 1.54) is 43.5 Å². The number of ether oxygens (including phenoxy) is 1. The first-order valence-electron chi connectivity index (χ1n) is 8.67. The van der Waals surface area contributed by atoms with Gasteiger partial charge >= 0.3 is 12.0 Å². The second-order valence-electron chi connectivity index (χ2n) is 6.17. The average Bonchev–Trinajstić information content (AvgIpc) is 2.71. The van der Waals surface area contributed by atoms with Gasteiger partial charge in [-0.3, -0.25) is 13.9 Å². The Labute approximate surface area is 189 Å². The Balaban J connectivity index is 0.000000412. The van der Waals surface area contributed by atoms with Gasteiger partial charge in [-0.2, -0.15) is 16.8 Å². The molecule has 0 aliphatic carbocycles. The average molecular weight is 507 g/mol. The number of benzene rings is 2. The van der Waals surface area contributed by atoms with Crippen LogP contribution in [0.15, 0.2) is 52.3 Å². The molecule has 2 amide bonds. The zero-order valence-electron chi connectivity index (χ0n) is 17.0. The summed E-state index contributed by atoms with van der Waals surface area (Å²) in [4.78, 5) is 21.3. The molecule has 9 N–H and O–H groups in total. The monoisotopic (exact) mass is 506 g/mol. The SMILES string of the molecule is COc1ccc(NC(=O)NC[C@H](N)C(=O)O)cc1S(=O)(=O)O.Nc1cccc(S(=O)(=O)O)c1. The minimum atomic E-state index is -4.54. The highest BCUT2D eigenvalue weighted by Crippen LogP contribution is 2.26. The van der Waals surface area contributed by atoms with Crippen molar-refractivity contribution in [2.24, 2.45) is 5.73 Å². The zero-order valence-corrected chi connectivity index (χ0v) is 18.6. The van der Waals surface area contributed by atoms with Gasteiger partial charge in [-0.25, -0.2) is 4.79 Å². The number of rotatable bonds is 7. The quantitative estimate of drug-likeness (QED) is 0.193. The van der Waals surface area contributed by atoms with Crippen LogP contribution < -0.4 is 26.8 Å². The summed E-state index contributed by atoms with van der Waals surface area (Å²) in [6, 6.07) is 6.96. The molecule has 0 saturated carbocycles. The largest absolute Gasteiger partial charge is 0.495 e. The summed E-state index contributed by atoms with van der Waals surface area (Å²) in [5, 5.41) is 13.0. The first-order chi connectivity index (χ1) is 15.1. The third-order valence-corrected chi connectivity index (χ3v) is 5.38. The number of nitrogens with two attached hydrogens (primary N) is 2. The second kappa shape index (κ2) is 11.4. The number of hydrogen-bond acceptors (Lipinski definition) is 9. The molecule has 33 heavy (non-hydrogen) atoms. The van der Waals surface area contributed by atoms with E-state index in [9.17, 15) is 26.4 Å². The summed E-state index contributed by atoms with van der Waals surface area (Å²) in [6.45, 7) is -0.317. The molecule has 0 bridgehead atoms. The molecule has 0 unspecified atom stereocenters. The molecule has 0 aliphatic heterocycles. The fraction of sp³-hybridized carbons (Fsp3) is 0.176. The normalized spacial score (nSPS) is 12.0. The fourth-order valence-electron chi connectivity index (χ4n) is 2.10. The number of nitrogens with one attached hydrogen (secondary N) is 2. The molecule has 2 aromatic carbocycles. The molecule has 16 heteroatoms. The number of carboxylic acid groups (broad SMARTS) is 1. The van der Waals surface area contributed by atoms with Crippen molar-refractivity contribution in [1.82, 2.24) is 5.32 Å². The molecule has 14 nitrogen and oxygen atoms in total. The second-order valence-corrected chi connectivity index (χ2v) is 8.98. The molecule has 0 saturated heterocycles. The number of carboxylic acids is 1. The van der Waals surface area contributed by atoms with Crippen molar-refractivity contribution in [3.05, 3.63) is 42.5 Å². The van der Waals surface area contributed by atoms with Crippen molar-refractivity contribution in [2.75, 3.05) is 24.7 Å². The van der Waals surface area contributed by atoms with E-state index in [0.29, 0.717) is 5.69 Å².